The van der Waals surface area contributed by atoms with Crippen LogP contribution in [0.1, 0.15) is 49.1 Å². The molecule has 0 saturated heterocycles. The normalized spacial score (nSPS) is 12.4. The average molecular weight is 625 g/mol. The number of hydrogen-bond donors (Lipinski definition) is 0. The topological polar surface area (TPSA) is 80.5 Å². The van der Waals surface area contributed by atoms with Crippen molar-refractivity contribution in [3.05, 3.63) is 113 Å². The number of rotatable bonds is 12. The van der Waals surface area contributed by atoms with Crippen LogP contribution in [0.2, 0.25) is 18.1 Å². The van der Waals surface area contributed by atoms with E-state index in [9.17, 15) is 0 Å². The summed E-state index contributed by atoms with van der Waals surface area (Å²) in [5.74, 6) is 2.99. The third-order valence-electron chi connectivity index (χ3n) is 8.86. The Morgan fingerprint density at radius 3 is 1.84 bits per heavy atom. The fraction of sp³-hybridized carbons (Fsp3) is 0.361. The Labute approximate surface area is 267 Å². The Balaban J connectivity index is 1.60. The van der Waals surface area contributed by atoms with Crippen molar-refractivity contribution >= 4 is 19.5 Å². The van der Waals surface area contributed by atoms with Gasteiger partial charge in [0.25, 0.3) is 0 Å². The molecule has 0 aliphatic rings. The van der Waals surface area contributed by atoms with E-state index in [-0.39, 0.29) is 11.6 Å². The van der Waals surface area contributed by atoms with Gasteiger partial charge in [0, 0.05) is 6.54 Å². The molecule has 2 heterocycles. The summed E-state index contributed by atoms with van der Waals surface area (Å²) in [5.41, 5.74) is 3.44. The minimum atomic E-state index is -1.95. The van der Waals surface area contributed by atoms with Crippen molar-refractivity contribution in [1.29, 1.82) is 0 Å². The quantitative estimate of drug-likeness (QED) is 0.104. The molecule has 0 aliphatic carbocycles. The third-order valence-corrected chi connectivity index (χ3v) is 13.4. The smallest absolute Gasteiger partial charge is 0.192 e. The van der Waals surface area contributed by atoms with Crippen LogP contribution in [0.4, 0.5) is 0 Å². The highest BCUT2D eigenvalue weighted by Crippen LogP contribution is 2.42. The molecule has 5 rings (SSSR count). The second-order valence-corrected chi connectivity index (χ2v) is 17.5. The van der Waals surface area contributed by atoms with Crippen LogP contribution in [0.3, 0.4) is 0 Å². The fourth-order valence-electron chi connectivity index (χ4n) is 5.25. The maximum atomic E-state index is 7.18. The highest BCUT2D eigenvalue weighted by atomic mass is 28.4. The van der Waals surface area contributed by atoms with Crippen LogP contribution in [0, 0.1) is 6.92 Å². The molecule has 0 fully saturated rings. The molecule has 3 aromatic carbocycles. The number of imidazole rings is 1. The molecule has 0 atom stereocenters. The van der Waals surface area contributed by atoms with Crippen molar-refractivity contribution in [2.45, 2.75) is 64.6 Å². The molecule has 236 valence electrons. The van der Waals surface area contributed by atoms with Crippen molar-refractivity contribution < 1.29 is 18.6 Å². The predicted molar refractivity (Wildman–Crippen MR) is 180 cm³/mol. The molecule has 0 saturated carbocycles. The molecule has 2 aromatic heterocycles. The number of fused-ring (bicyclic) bond motifs is 1. The zero-order chi connectivity index (χ0) is 32.2. The van der Waals surface area contributed by atoms with Gasteiger partial charge in [-0.3, -0.25) is 0 Å². The van der Waals surface area contributed by atoms with E-state index in [4.69, 9.17) is 28.6 Å². The van der Waals surface area contributed by atoms with Crippen molar-refractivity contribution in [3.8, 4) is 11.5 Å². The summed E-state index contributed by atoms with van der Waals surface area (Å²) in [5, 5.41) is 0.112. The molecule has 0 N–H and O–H groups in total. The Bertz CT molecular complexity index is 1670. The van der Waals surface area contributed by atoms with E-state index in [2.05, 4.69) is 79.8 Å². The first-order valence-corrected chi connectivity index (χ1v) is 18.2. The van der Waals surface area contributed by atoms with E-state index in [0.717, 1.165) is 45.2 Å². The third kappa shape index (κ3) is 6.66. The number of ether oxygens (including phenoxy) is 3. The zero-order valence-electron chi connectivity index (χ0n) is 27.6. The van der Waals surface area contributed by atoms with Gasteiger partial charge in [-0.1, -0.05) is 75.4 Å². The van der Waals surface area contributed by atoms with E-state index in [0.29, 0.717) is 19.0 Å². The predicted octanol–water partition coefficient (Wildman–Crippen LogP) is 7.68. The SMILES string of the molecule is COc1ccc(C(OCc2nc3cnc(C)nc3n2CCO[Si](C)(C)C(C)(C)C)(c2ccccc2)c2ccc(OC)cc2)cc1. The summed E-state index contributed by atoms with van der Waals surface area (Å²) in [6.45, 7) is 14.6. The van der Waals surface area contributed by atoms with Gasteiger partial charge >= 0.3 is 0 Å². The molecule has 0 unspecified atom stereocenters. The second-order valence-electron chi connectivity index (χ2n) is 12.7. The largest absolute Gasteiger partial charge is 0.497 e. The van der Waals surface area contributed by atoms with Gasteiger partial charge < -0.3 is 23.2 Å². The summed E-state index contributed by atoms with van der Waals surface area (Å²) in [6.07, 6.45) is 1.78. The summed E-state index contributed by atoms with van der Waals surface area (Å²) >= 11 is 0. The summed E-state index contributed by atoms with van der Waals surface area (Å²) in [4.78, 5) is 14.2. The Kier molecular flexibility index (Phi) is 9.43. The molecule has 0 amide bonds. The molecular formula is C36H44N4O4Si. The number of methoxy groups -OCH3 is 2. The molecule has 0 bridgehead atoms. The fourth-order valence-corrected chi connectivity index (χ4v) is 6.29. The number of nitrogens with zero attached hydrogens (tertiary/aromatic N) is 4. The molecule has 5 aromatic rings. The highest BCUT2D eigenvalue weighted by molar-refractivity contribution is 6.74. The lowest BCUT2D eigenvalue weighted by Gasteiger charge is -2.36. The molecule has 8 nitrogen and oxygen atoms in total. The summed E-state index contributed by atoms with van der Waals surface area (Å²) in [6, 6.07) is 26.4. The van der Waals surface area contributed by atoms with Crippen LogP contribution >= 0.6 is 0 Å². The second kappa shape index (κ2) is 13.1. The maximum Gasteiger partial charge on any atom is 0.192 e. The Hall–Kier alpha value is -4.05. The number of benzene rings is 3. The molecule has 0 radical (unpaired) electrons. The van der Waals surface area contributed by atoms with Gasteiger partial charge in [0.2, 0.25) is 0 Å². The van der Waals surface area contributed by atoms with Crippen LogP contribution < -0.4 is 9.47 Å². The van der Waals surface area contributed by atoms with Crippen LogP contribution in [-0.2, 0) is 27.9 Å². The Morgan fingerprint density at radius 1 is 0.756 bits per heavy atom. The van der Waals surface area contributed by atoms with Crippen LogP contribution in [-0.4, -0.2) is 48.7 Å². The standard InChI is InChI=1S/C36H44N4O4Si/c1-26-37-24-32-34(38-26)40(22-23-44-45(7,8)35(2,3)4)33(39-32)25-43-36(27-12-10-9-11-13-27,28-14-18-30(41-5)19-15-28)29-16-20-31(42-6)21-17-29/h9-21,24H,22-23,25H2,1-8H3. The number of hydrogen-bond acceptors (Lipinski definition) is 7. The van der Waals surface area contributed by atoms with Gasteiger partial charge in [-0.05, 0) is 66.0 Å². The van der Waals surface area contributed by atoms with Gasteiger partial charge in [0.1, 0.15) is 40.9 Å². The lowest BCUT2D eigenvalue weighted by Crippen LogP contribution is -2.41. The first-order chi connectivity index (χ1) is 21.5. The van der Waals surface area contributed by atoms with Gasteiger partial charge in [0.05, 0.1) is 27.0 Å². The van der Waals surface area contributed by atoms with Crippen LogP contribution in [0.25, 0.3) is 11.2 Å². The molecule has 9 heteroatoms. The van der Waals surface area contributed by atoms with Crippen molar-refractivity contribution in [1.82, 2.24) is 19.5 Å². The van der Waals surface area contributed by atoms with Crippen molar-refractivity contribution in [3.63, 3.8) is 0 Å². The lowest BCUT2D eigenvalue weighted by atomic mass is 9.80. The first-order valence-electron chi connectivity index (χ1n) is 15.3. The minimum absolute atomic E-state index is 0.112. The maximum absolute atomic E-state index is 7.18. The monoisotopic (exact) mass is 624 g/mol. The zero-order valence-corrected chi connectivity index (χ0v) is 28.6. The Morgan fingerprint density at radius 2 is 1.31 bits per heavy atom. The van der Waals surface area contributed by atoms with E-state index < -0.39 is 13.9 Å². The van der Waals surface area contributed by atoms with Gasteiger partial charge in [-0.25, -0.2) is 15.0 Å². The molecule has 0 aliphatic heterocycles. The van der Waals surface area contributed by atoms with E-state index in [1.165, 1.54) is 0 Å². The average Bonchev–Trinajstić information content (AvgIpc) is 3.38. The number of aromatic nitrogens is 4. The van der Waals surface area contributed by atoms with Gasteiger partial charge in [0.15, 0.2) is 14.0 Å². The summed E-state index contributed by atoms with van der Waals surface area (Å²) in [7, 11) is 1.39. The van der Waals surface area contributed by atoms with Gasteiger partial charge in [-0.15, -0.1) is 0 Å². The van der Waals surface area contributed by atoms with Gasteiger partial charge in [-0.2, -0.15) is 0 Å². The molecule has 45 heavy (non-hydrogen) atoms. The van der Waals surface area contributed by atoms with E-state index in [1.807, 2.05) is 49.4 Å². The van der Waals surface area contributed by atoms with Crippen LogP contribution in [0.5, 0.6) is 11.5 Å². The lowest BCUT2D eigenvalue weighted by molar-refractivity contribution is -0.00456. The van der Waals surface area contributed by atoms with Crippen molar-refractivity contribution in [2.75, 3.05) is 20.8 Å². The number of aryl methyl sites for hydroxylation is 1. The minimum Gasteiger partial charge on any atom is -0.497 e. The van der Waals surface area contributed by atoms with E-state index in [1.54, 1.807) is 20.4 Å². The molecular weight excluding hydrogens is 581 g/mol. The molecule has 0 spiro atoms. The van der Waals surface area contributed by atoms with Crippen molar-refractivity contribution in [2.24, 2.45) is 0 Å². The van der Waals surface area contributed by atoms with Crippen LogP contribution in [0.15, 0.2) is 85.1 Å². The first kappa shape index (κ1) is 32.3. The van der Waals surface area contributed by atoms with E-state index >= 15 is 0 Å². The highest BCUT2D eigenvalue weighted by Gasteiger charge is 2.39. The summed E-state index contributed by atoms with van der Waals surface area (Å²) < 4.78 is 26.9.